The van der Waals surface area contributed by atoms with Crippen molar-refractivity contribution in [2.75, 3.05) is 33.5 Å². The minimum Gasteiger partial charge on any atom is -0.491 e. The number of hydrogen-bond acceptors (Lipinski definition) is 6. The van der Waals surface area contributed by atoms with Crippen molar-refractivity contribution in [1.82, 2.24) is 10.2 Å². The predicted octanol–water partition coefficient (Wildman–Crippen LogP) is 1.78. The molecule has 0 atom stereocenters. The van der Waals surface area contributed by atoms with Crippen LogP contribution in [0.25, 0.3) is 11.5 Å². The van der Waals surface area contributed by atoms with Crippen LogP contribution in [0.5, 0.6) is 5.75 Å². The minimum atomic E-state index is 0.495. The summed E-state index contributed by atoms with van der Waals surface area (Å²) in [5.41, 5.74) is 0.862. The van der Waals surface area contributed by atoms with Gasteiger partial charge in [0.25, 0.3) is 0 Å². The molecule has 0 radical (unpaired) electrons. The molecule has 0 saturated heterocycles. The van der Waals surface area contributed by atoms with Gasteiger partial charge in [0.2, 0.25) is 12.3 Å². The molecular formula is C13H16N2O4. The van der Waals surface area contributed by atoms with E-state index in [0.29, 0.717) is 32.3 Å². The van der Waals surface area contributed by atoms with Crippen molar-refractivity contribution in [2.24, 2.45) is 0 Å². The van der Waals surface area contributed by atoms with E-state index in [1.54, 1.807) is 7.11 Å². The molecule has 1 heterocycles. The van der Waals surface area contributed by atoms with E-state index in [9.17, 15) is 0 Å². The number of benzene rings is 1. The Balaban J connectivity index is 1.73. The number of hydrogen-bond donors (Lipinski definition) is 0. The molecular weight excluding hydrogens is 248 g/mol. The van der Waals surface area contributed by atoms with Crippen molar-refractivity contribution in [3.8, 4) is 17.2 Å². The van der Waals surface area contributed by atoms with E-state index in [4.69, 9.17) is 18.6 Å². The van der Waals surface area contributed by atoms with Gasteiger partial charge in [-0.15, -0.1) is 10.2 Å². The van der Waals surface area contributed by atoms with Gasteiger partial charge in [-0.1, -0.05) is 0 Å². The number of methoxy groups -OCH3 is 1. The fourth-order valence-electron chi connectivity index (χ4n) is 1.46. The quantitative estimate of drug-likeness (QED) is 0.677. The Bertz CT molecular complexity index is 456. The zero-order chi connectivity index (χ0) is 13.3. The molecule has 2 aromatic rings. The zero-order valence-electron chi connectivity index (χ0n) is 10.7. The molecule has 0 unspecified atom stereocenters. The van der Waals surface area contributed by atoms with Crippen LogP contribution in [0.2, 0.25) is 0 Å². The lowest BCUT2D eigenvalue weighted by atomic mass is 10.2. The summed E-state index contributed by atoms with van der Waals surface area (Å²) in [5.74, 6) is 1.27. The molecule has 102 valence electrons. The van der Waals surface area contributed by atoms with E-state index >= 15 is 0 Å². The van der Waals surface area contributed by atoms with Gasteiger partial charge in [0, 0.05) is 12.7 Å². The normalized spacial score (nSPS) is 10.6. The van der Waals surface area contributed by atoms with Gasteiger partial charge in [-0.05, 0) is 24.3 Å². The number of rotatable bonds is 8. The molecule has 6 nitrogen and oxygen atoms in total. The summed E-state index contributed by atoms with van der Waals surface area (Å²) in [6.45, 7) is 2.22. The molecule has 1 aromatic carbocycles. The monoisotopic (exact) mass is 264 g/mol. The average molecular weight is 264 g/mol. The second-order valence-corrected chi connectivity index (χ2v) is 3.72. The number of nitrogens with zero attached hydrogens (tertiary/aromatic N) is 2. The topological polar surface area (TPSA) is 66.6 Å². The fourth-order valence-corrected chi connectivity index (χ4v) is 1.46. The highest BCUT2D eigenvalue weighted by molar-refractivity contribution is 5.53. The van der Waals surface area contributed by atoms with Crippen LogP contribution in [-0.4, -0.2) is 43.7 Å². The van der Waals surface area contributed by atoms with Crippen molar-refractivity contribution < 1.29 is 18.6 Å². The standard InChI is InChI=1S/C13H16N2O4/c1-16-6-7-17-8-9-18-12-4-2-11(3-5-12)13-15-14-10-19-13/h2-5,10H,6-9H2,1H3. The van der Waals surface area contributed by atoms with E-state index in [2.05, 4.69) is 10.2 Å². The Morgan fingerprint density at radius 1 is 1.05 bits per heavy atom. The maximum Gasteiger partial charge on any atom is 0.247 e. The highest BCUT2D eigenvalue weighted by atomic mass is 16.5. The van der Waals surface area contributed by atoms with Crippen molar-refractivity contribution in [2.45, 2.75) is 0 Å². The van der Waals surface area contributed by atoms with Gasteiger partial charge in [-0.25, -0.2) is 0 Å². The summed E-state index contributed by atoms with van der Waals surface area (Å²) in [5, 5.41) is 7.46. The summed E-state index contributed by atoms with van der Waals surface area (Å²) in [6, 6.07) is 7.45. The first kappa shape index (κ1) is 13.5. The Morgan fingerprint density at radius 3 is 2.53 bits per heavy atom. The summed E-state index contributed by atoms with van der Waals surface area (Å²) in [4.78, 5) is 0. The second-order valence-electron chi connectivity index (χ2n) is 3.72. The van der Waals surface area contributed by atoms with Crippen molar-refractivity contribution in [3.63, 3.8) is 0 Å². The van der Waals surface area contributed by atoms with Crippen LogP contribution in [-0.2, 0) is 9.47 Å². The molecule has 1 aromatic heterocycles. The lowest BCUT2D eigenvalue weighted by Gasteiger charge is -2.07. The smallest absolute Gasteiger partial charge is 0.247 e. The molecule has 0 N–H and O–H groups in total. The third-order valence-corrected chi connectivity index (χ3v) is 2.39. The SMILES string of the molecule is COCCOCCOc1ccc(-c2nnco2)cc1. The number of aromatic nitrogens is 2. The third kappa shape index (κ3) is 4.35. The number of ether oxygens (including phenoxy) is 3. The highest BCUT2D eigenvalue weighted by Crippen LogP contribution is 2.19. The Kier molecular flexibility index (Phi) is 5.33. The molecule has 0 bridgehead atoms. The van der Waals surface area contributed by atoms with E-state index in [0.717, 1.165) is 11.3 Å². The summed E-state index contributed by atoms with van der Waals surface area (Å²) >= 11 is 0. The molecule has 19 heavy (non-hydrogen) atoms. The molecule has 2 rings (SSSR count). The maximum absolute atomic E-state index is 5.53. The first-order chi connectivity index (χ1) is 9.40. The van der Waals surface area contributed by atoms with Crippen LogP contribution in [0.1, 0.15) is 0 Å². The largest absolute Gasteiger partial charge is 0.491 e. The first-order valence-corrected chi connectivity index (χ1v) is 5.96. The van der Waals surface area contributed by atoms with Crippen LogP contribution in [0.4, 0.5) is 0 Å². The summed E-state index contributed by atoms with van der Waals surface area (Å²) in [6.07, 6.45) is 1.30. The average Bonchev–Trinajstić information content (AvgIpc) is 2.97. The van der Waals surface area contributed by atoms with Crippen LogP contribution in [0.15, 0.2) is 35.1 Å². The van der Waals surface area contributed by atoms with Crippen LogP contribution >= 0.6 is 0 Å². The lowest BCUT2D eigenvalue weighted by Crippen LogP contribution is -2.09. The van der Waals surface area contributed by atoms with Crippen LogP contribution < -0.4 is 4.74 Å². The van der Waals surface area contributed by atoms with Gasteiger partial charge in [-0.3, -0.25) is 0 Å². The maximum atomic E-state index is 5.53. The Morgan fingerprint density at radius 2 is 1.84 bits per heavy atom. The molecule has 0 amide bonds. The second kappa shape index (κ2) is 7.50. The first-order valence-electron chi connectivity index (χ1n) is 5.96. The molecule has 0 spiro atoms. The van der Waals surface area contributed by atoms with Crippen molar-refractivity contribution in [1.29, 1.82) is 0 Å². The summed E-state index contributed by atoms with van der Waals surface area (Å²) in [7, 11) is 1.64. The molecule has 6 heteroatoms. The predicted molar refractivity (Wildman–Crippen MR) is 67.9 cm³/mol. The van der Waals surface area contributed by atoms with Crippen molar-refractivity contribution >= 4 is 0 Å². The molecule has 0 fully saturated rings. The van der Waals surface area contributed by atoms with Crippen molar-refractivity contribution in [3.05, 3.63) is 30.7 Å². The molecule has 0 aliphatic heterocycles. The Hall–Kier alpha value is -1.92. The van der Waals surface area contributed by atoms with Crippen LogP contribution in [0.3, 0.4) is 0 Å². The lowest BCUT2D eigenvalue weighted by molar-refractivity contribution is 0.0544. The van der Waals surface area contributed by atoms with Gasteiger partial charge < -0.3 is 18.6 Å². The van der Waals surface area contributed by atoms with Gasteiger partial charge in [-0.2, -0.15) is 0 Å². The van der Waals surface area contributed by atoms with E-state index < -0.39 is 0 Å². The highest BCUT2D eigenvalue weighted by Gasteiger charge is 2.03. The molecule has 0 aliphatic carbocycles. The van der Waals surface area contributed by atoms with Crippen LogP contribution in [0, 0.1) is 0 Å². The van der Waals surface area contributed by atoms with E-state index in [-0.39, 0.29) is 0 Å². The van der Waals surface area contributed by atoms with Gasteiger partial charge in [0.1, 0.15) is 12.4 Å². The van der Waals surface area contributed by atoms with Gasteiger partial charge in [0.05, 0.1) is 19.8 Å². The Labute approximate surface area is 111 Å². The third-order valence-electron chi connectivity index (χ3n) is 2.39. The zero-order valence-corrected chi connectivity index (χ0v) is 10.7. The fraction of sp³-hybridized carbons (Fsp3) is 0.385. The van der Waals surface area contributed by atoms with Gasteiger partial charge in [0.15, 0.2) is 0 Å². The van der Waals surface area contributed by atoms with E-state index in [1.165, 1.54) is 6.39 Å². The summed E-state index contributed by atoms with van der Waals surface area (Å²) < 4.78 is 20.8. The van der Waals surface area contributed by atoms with E-state index in [1.807, 2.05) is 24.3 Å². The molecule has 0 aliphatic rings. The minimum absolute atomic E-state index is 0.495. The molecule has 0 saturated carbocycles. The van der Waals surface area contributed by atoms with Gasteiger partial charge >= 0.3 is 0 Å².